The summed E-state index contributed by atoms with van der Waals surface area (Å²) in [7, 11) is 0. The third-order valence-electron chi connectivity index (χ3n) is 3.82. The molecule has 1 unspecified atom stereocenters. The molecule has 0 aromatic carbocycles. The van der Waals surface area contributed by atoms with E-state index in [0.717, 1.165) is 18.9 Å². The van der Waals surface area contributed by atoms with Gasteiger partial charge in [-0.1, -0.05) is 12.2 Å². The molecule has 0 aromatic rings. The fourth-order valence-corrected chi connectivity index (χ4v) is 3.04. The van der Waals surface area contributed by atoms with Gasteiger partial charge in [0, 0.05) is 25.7 Å². The molecule has 0 spiro atoms. The van der Waals surface area contributed by atoms with Gasteiger partial charge >= 0.3 is 0 Å². The van der Waals surface area contributed by atoms with Crippen molar-refractivity contribution in [1.29, 1.82) is 0 Å². The highest BCUT2D eigenvalue weighted by molar-refractivity contribution is 7.80. The molecular weight excluding hydrogens is 218 g/mol. The second kappa shape index (κ2) is 5.94. The Bertz CT molecular complexity index is 244. The van der Waals surface area contributed by atoms with Gasteiger partial charge in [0.1, 0.15) is 0 Å². The lowest BCUT2D eigenvalue weighted by atomic mass is 10.1. The summed E-state index contributed by atoms with van der Waals surface area (Å²) in [6.45, 7) is 6.38. The van der Waals surface area contributed by atoms with Crippen LogP contribution in [0.4, 0.5) is 0 Å². The Morgan fingerprint density at radius 2 is 2.12 bits per heavy atom. The van der Waals surface area contributed by atoms with Crippen molar-refractivity contribution in [3.8, 4) is 0 Å². The third-order valence-corrected chi connectivity index (χ3v) is 4.02. The van der Waals surface area contributed by atoms with Crippen molar-refractivity contribution in [2.45, 2.75) is 38.1 Å². The average Bonchev–Trinajstić information content (AvgIpc) is 2.71. The van der Waals surface area contributed by atoms with Gasteiger partial charge in [0.15, 0.2) is 0 Å². The summed E-state index contributed by atoms with van der Waals surface area (Å²) in [5.41, 5.74) is 5.49. The van der Waals surface area contributed by atoms with Gasteiger partial charge in [0.2, 0.25) is 0 Å². The van der Waals surface area contributed by atoms with Crippen LogP contribution in [-0.2, 0) is 0 Å². The zero-order valence-corrected chi connectivity index (χ0v) is 10.8. The molecule has 2 heterocycles. The second-order valence-corrected chi connectivity index (χ2v) is 5.58. The molecule has 0 radical (unpaired) electrons. The zero-order chi connectivity index (χ0) is 11.4. The molecule has 2 saturated heterocycles. The molecule has 2 aliphatic heterocycles. The molecular formula is C12H23N3S. The Morgan fingerprint density at radius 1 is 1.25 bits per heavy atom. The topological polar surface area (TPSA) is 32.5 Å². The summed E-state index contributed by atoms with van der Waals surface area (Å²) < 4.78 is 0. The highest BCUT2D eigenvalue weighted by Crippen LogP contribution is 2.21. The zero-order valence-electron chi connectivity index (χ0n) is 10.0. The van der Waals surface area contributed by atoms with Crippen molar-refractivity contribution in [1.82, 2.24) is 9.80 Å². The van der Waals surface area contributed by atoms with Gasteiger partial charge in [-0.2, -0.15) is 0 Å². The quantitative estimate of drug-likeness (QED) is 0.579. The Kier molecular flexibility index (Phi) is 4.55. The number of nitrogens with two attached hydrogens (primary N) is 1. The number of unbranched alkanes of at least 4 members (excludes halogenated alkanes) is 1. The lowest BCUT2D eigenvalue weighted by Gasteiger charge is -2.37. The molecule has 16 heavy (non-hydrogen) atoms. The van der Waals surface area contributed by atoms with E-state index in [1.165, 1.54) is 52.0 Å². The van der Waals surface area contributed by atoms with Gasteiger partial charge in [-0.15, -0.1) is 0 Å². The van der Waals surface area contributed by atoms with Gasteiger partial charge in [-0.05, 0) is 45.2 Å². The fraction of sp³-hybridized carbons (Fsp3) is 0.917. The summed E-state index contributed by atoms with van der Waals surface area (Å²) in [5.74, 6) is 0. The number of thiocarbonyl (C=S) groups is 1. The van der Waals surface area contributed by atoms with E-state index in [4.69, 9.17) is 18.0 Å². The van der Waals surface area contributed by atoms with E-state index in [0.29, 0.717) is 4.99 Å². The molecule has 2 aliphatic rings. The van der Waals surface area contributed by atoms with Crippen LogP contribution in [0, 0.1) is 0 Å². The molecule has 0 saturated carbocycles. The van der Waals surface area contributed by atoms with Crippen LogP contribution in [-0.4, -0.2) is 53.6 Å². The minimum atomic E-state index is 0.667. The summed E-state index contributed by atoms with van der Waals surface area (Å²) in [6, 6.07) is 0.851. The van der Waals surface area contributed by atoms with Gasteiger partial charge in [-0.25, -0.2) is 0 Å². The molecule has 3 nitrogen and oxygen atoms in total. The SMILES string of the molecule is NC(=S)CCCCN1CCN2CCCC2C1. The van der Waals surface area contributed by atoms with E-state index in [1.54, 1.807) is 0 Å². The van der Waals surface area contributed by atoms with E-state index >= 15 is 0 Å². The van der Waals surface area contributed by atoms with Gasteiger partial charge in [0.25, 0.3) is 0 Å². The maximum Gasteiger partial charge on any atom is 0.0727 e. The standard InChI is InChI=1S/C12H23N3S/c13-12(16)5-1-2-6-14-8-9-15-7-3-4-11(15)10-14/h11H,1-10H2,(H2,13,16). The van der Waals surface area contributed by atoms with Crippen molar-refractivity contribution in [3.63, 3.8) is 0 Å². The van der Waals surface area contributed by atoms with Crippen LogP contribution >= 0.6 is 12.2 Å². The van der Waals surface area contributed by atoms with E-state index in [9.17, 15) is 0 Å². The second-order valence-electron chi connectivity index (χ2n) is 5.06. The minimum Gasteiger partial charge on any atom is -0.393 e. The highest BCUT2D eigenvalue weighted by atomic mass is 32.1. The smallest absolute Gasteiger partial charge is 0.0727 e. The lowest BCUT2D eigenvalue weighted by Crippen LogP contribution is -2.50. The van der Waals surface area contributed by atoms with Crippen LogP contribution in [0.5, 0.6) is 0 Å². The van der Waals surface area contributed by atoms with Crippen molar-refractivity contribution in [2.24, 2.45) is 5.73 Å². The molecule has 4 heteroatoms. The Balaban J connectivity index is 1.62. The highest BCUT2D eigenvalue weighted by Gasteiger charge is 2.29. The maximum atomic E-state index is 5.49. The Labute approximate surface area is 104 Å². The molecule has 2 fully saturated rings. The number of fused-ring (bicyclic) bond motifs is 1. The summed E-state index contributed by atoms with van der Waals surface area (Å²) in [5, 5.41) is 0. The normalized spacial score (nSPS) is 26.9. The summed E-state index contributed by atoms with van der Waals surface area (Å²) >= 11 is 4.88. The molecule has 92 valence electrons. The molecule has 0 bridgehead atoms. The molecule has 0 aromatic heterocycles. The van der Waals surface area contributed by atoms with Crippen LogP contribution in [0.3, 0.4) is 0 Å². The number of piperazine rings is 1. The number of hydrogen-bond donors (Lipinski definition) is 1. The first-order valence-corrected chi connectivity index (χ1v) is 6.91. The van der Waals surface area contributed by atoms with Gasteiger partial charge in [-0.3, -0.25) is 4.90 Å². The van der Waals surface area contributed by atoms with E-state index in [2.05, 4.69) is 9.80 Å². The Hall–Kier alpha value is -0.190. The lowest BCUT2D eigenvalue weighted by molar-refractivity contribution is 0.103. The van der Waals surface area contributed by atoms with Crippen LogP contribution in [0.2, 0.25) is 0 Å². The van der Waals surface area contributed by atoms with Gasteiger partial charge < -0.3 is 10.6 Å². The predicted molar refractivity (Wildman–Crippen MR) is 71.7 cm³/mol. The first kappa shape index (κ1) is 12.3. The number of hydrogen-bond acceptors (Lipinski definition) is 3. The van der Waals surface area contributed by atoms with Crippen molar-refractivity contribution in [3.05, 3.63) is 0 Å². The van der Waals surface area contributed by atoms with Crippen LogP contribution in [0.1, 0.15) is 32.1 Å². The third kappa shape index (κ3) is 3.40. The molecule has 1 atom stereocenters. The Morgan fingerprint density at radius 3 is 2.94 bits per heavy atom. The fourth-order valence-electron chi connectivity index (χ4n) is 2.89. The summed E-state index contributed by atoms with van der Waals surface area (Å²) in [6.07, 6.45) is 6.12. The van der Waals surface area contributed by atoms with E-state index in [-0.39, 0.29) is 0 Å². The average molecular weight is 241 g/mol. The van der Waals surface area contributed by atoms with Gasteiger partial charge in [0.05, 0.1) is 4.99 Å². The summed E-state index contributed by atoms with van der Waals surface area (Å²) in [4.78, 5) is 5.94. The predicted octanol–water partition coefficient (Wildman–Crippen LogP) is 1.22. The van der Waals surface area contributed by atoms with Crippen molar-refractivity contribution < 1.29 is 0 Å². The van der Waals surface area contributed by atoms with Crippen LogP contribution < -0.4 is 5.73 Å². The van der Waals surface area contributed by atoms with E-state index < -0.39 is 0 Å². The van der Waals surface area contributed by atoms with Crippen molar-refractivity contribution in [2.75, 3.05) is 32.7 Å². The minimum absolute atomic E-state index is 0.667. The largest absolute Gasteiger partial charge is 0.393 e. The molecule has 2 rings (SSSR count). The first-order valence-electron chi connectivity index (χ1n) is 6.50. The van der Waals surface area contributed by atoms with Crippen LogP contribution in [0.25, 0.3) is 0 Å². The number of rotatable bonds is 5. The van der Waals surface area contributed by atoms with Crippen molar-refractivity contribution >= 4 is 17.2 Å². The van der Waals surface area contributed by atoms with E-state index in [1.807, 2.05) is 0 Å². The molecule has 2 N–H and O–H groups in total. The molecule has 0 aliphatic carbocycles. The molecule has 0 amide bonds. The van der Waals surface area contributed by atoms with Crippen LogP contribution in [0.15, 0.2) is 0 Å². The number of nitrogens with zero attached hydrogens (tertiary/aromatic N) is 2. The maximum absolute atomic E-state index is 5.49. The first-order chi connectivity index (χ1) is 7.75. The monoisotopic (exact) mass is 241 g/mol.